The predicted octanol–water partition coefficient (Wildman–Crippen LogP) is 4.76. The number of hydrogen-bond acceptors (Lipinski definition) is 4. The van der Waals surface area contributed by atoms with Crippen LogP contribution in [-0.2, 0) is 10.4 Å². The summed E-state index contributed by atoms with van der Waals surface area (Å²) in [4.78, 5) is 25.7. The lowest BCUT2D eigenvalue weighted by Crippen LogP contribution is -2.34. The normalized spacial score (nSPS) is 20.1. The minimum absolute atomic E-state index is 0.256. The molecule has 33 heavy (non-hydrogen) atoms. The Morgan fingerprint density at radius 3 is 2.33 bits per heavy atom. The number of aromatic nitrogens is 2. The molecule has 9 heteroatoms. The largest absolute Gasteiger partial charge is 0.481 e. The van der Waals surface area contributed by atoms with E-state index in [9.17, 15) is 19.8 Å². The molecule has 0 aliphatic heterocycles. The highest BCUT2D eigenvalue weighted by molar-refractivity contribution is 5.95. The highest BCUT2D eigenvalue weighted by Crippen LogP contribution is 2.40. The molecule has 9 nitrogen and oxygen atoms in total. The number of carboxylic acid groups (broad SMARTS) is 1. The highest BCUT2D eigenvalue weighted by Gasteiger charge is 2.39. The maximum atomic E-state index is 11.8. The van der Waals surface area contributed by atoms with Crippen molar-refractivity contribution in [1.29, 1.82) is 0 Å². The Hall–Kier alpha value is -3.94. The second-order valence-electron chi connectivity index (χ2n) is 8.38. The van der Waals surface area contributed by atoms with Crippen LogP contribution in [0.25, 0.3) is 27.4 Å². The Labute approximate surface area is 189 Å². The molecule has 0 atom stereocenters. The first-order valence-corrected chi connectivity index (χ1v) is 10.6. The van der Waals surface area contributed by atoms with Gasteiger partial charge >= 0.3 is 5.97 Å². The van der Waals surface area contributed by atoms with Crippen LogP contribution in [0, 0.1) is 12.8 Å². The van der Waals surface area contributed by atoms with Crippen molar-refractivity contribution in [2.75, 3.05) is 0 Å². The van der Waals surface area contributed by atoms with Crippen molar-refractivity contribution in [2.45, 2.75) is 38.2 Å². The number of aryl methyl sites for hydroxylation is 1. The van der Waals surface area contributed by atoms with Crippen molar-refractivity contribution >= 4 is 11.9 Å². The fourth-order valence-electron chi connectivity index (χ4n) is 4.18. The monoisotopic (exact) mass is 445 g/mol. The minimum Gasteiger partial charge on any atom is -0.481 e. The van der Waals surface area contributed by atoms with Crippen LogP contribution in [0.3, 0.4) is 0 Å². The molecule has 2 aromatic carbocycles. The third-order valence-corrected chi connectivity index (χ3v) is 6.19. The summed E-state index contributed by atoms with van der Waals surface area (Å²) < 4.78 is 1.70. The number of nitrogens with zero attached hydrogens (tertiary/aromatic N) is 5. The summed E-state index contributed by atoms with van der Waals surface area (Å²) in [6.07, 6.45) is 1.39. The van der Waals surface area contributed by atoms with E-state index in [1.54, 1.807) is 28.9 Å². The molecule has 1 aliphatic rings. The first kappa shape index (κ1) is 22.3. The Morgan fingerprint density at radius 2 is 1.76 bits per heavy atom. The highest BCUT2D eigenvalue weighted by atomic mass is 16.4. The van der Waals surface area contributed by atoms with Crippen LogP contribution in [0.5, 0.6) is 0 Å². The zero-order chi connectivity index (χ0) is 23.6. The molecule has 168 valence electrons. The van der Waals surface area contributed by atoms with Gasteiger partial charge in [-0.2, -0.15) is 5.10 Å². The second kappa shape index (κ2) is 8.90. The number of azide groups is 1. The van der Waals surface area contributed by atoms with Crippen molar-refractivity contribution in [2.24, 2.45) is 11.0 Å². The van der Waals surface area contributed by atoms with Gasteiger partial charge in [-0.1, -0.05) is 29.8 Å². The average Bonchev–Trinajstić information content (AvgIpc) is 3.26. The summed E-state index contributed by atoms with van der Waals surface area (Å²) in [5, 5.41) is 28.4. The van der Waals surface area contributed by atoms with Gasteiger partial charge in [-0.3, -0.25) is 9.59 Å². The third-order valence-electron chi connectivity index (χ3n) is 6.19. The number of aliphatic carboxylic acids is 1. The topological polar surface area (TPSA) is 141 Å². The first-order chi connectivity index (χ1) is 15.8. The van der Waals surface area contributed by atoms with Crippen molar-refractivity contribution in [3.05, 3.63) is 81.9 Å². The molecule has 0 saturated heterocycles. The maximum Gasteiger partial charge on any atom is 0.306 e. The number of hydrogen-bond donors (Lipinski definition) is 2. The summed E-state index contributed by atoms with van der Waals surface area (Å²) in [6.45, 7) is 2.00. The van der Waals surface area contributed by atoms with Gasteiger partial charge in [-0.25, -0.2) is 4.68 Å². The number of carbonyl (C=O) groups is 2. The Bertz CT molecular complexity index is 1230. The molecule has 0 unspecified atom stereocenters. The van der Waals surface area contributed by atoms with Crippen LogP contribution >= 0.6 is 0 Å². The maximum absolute atomic E-state index is 11.8. The van der Waals surface area contributed by atoms with E-state index in [0.717, 1.165) is 16.8 Å². The van der Waals surface area contributed by atoms with Gasteiger partial charge in [-0.15, -0.1) is 0 Å². The van der Waals surface area contributed by atoms with Gasteiger partial charge in [-0.05, 0) is 73.6 Å². The van der Waals surface area contributed by atoms with Crippen LogP contribution in [0.1, 0.15) is 47.3 Å². The van der Waals surface area contributed by atoms with Gasteiger partial charge in [0.25, 0.3) is 0 Å². The number of amides is 1. The fraction of sp³-hybridized carbons (Fsp3) is 0.292. The molecule has 1 saturated carbocycles. The van der Waals surface area contributed by atoms with Gasteiger partial charge < -0.3 is 10.2 Å². The Morgan fingerprint density at radius 1 is 1.12 bits per heavy atom. The minimum atomic E-state index is -1.21. The lowest BCUT2D eigenvalue weighted by atomic mass is 9.77. The van der Waals surface area contributed by atoms with E-state index in [1.165, 1.54) is 0 Å². The zero-order valence-electron chi connectivity index (χ0n) is 18.0. The molecular weight excluding hydrogens is 422 g/mol. The number of rotatable bonds is 5. The molecule has 4 rings (SSSR count). The quantitative estimate of drug-likeness (QED) is 0.331. The SMILES string of the molecule is Cc1ccc(-c2cc(C3(O)CCC(C(=O)O)CC3)nn2-c2ccc(C(=O)N=[N+]=[N-])cc2)cc1. The molecule has 0 radical (unpaired) electrons. The number of carboxylic acids is 1. The van der Waals surface area contributed by atoms with Crippen LogP contribution in [0.2, 0.25) is 0 Å². The van der Waals surface area contributed by atoms with E-state index < -0.39 is 23.4 Å². The molecule has 2 N–H and O–H groups in total. The van der Waals surface area contributed by atoms with E-state index in [2.05, 4.69) is 10.0 Å². The summed E-state index contributed by atoms with van der Waals surface area (Å²) in [5.41, 5.74) is 11.4. The number of benzene rings is 2. The number of carbonyl (C=O) groups excluding carboxylic acids is 1. The van der Waals surface area contributed by atoms with Crippen molar-refractivity contribution in [3.8, 4) is 16.9 Å². The van der Waals surface area contributed by atoms with E-state index >= 15 is 0 Å². The molecule has 1 aliphatic carbocycles. The van der Waals surface area contributed by atoms with Crippen molar-refractivity contribution in [1.82, 2.24) is 9.78 Å². The Balaban J connectivity index is 1.75. The third kappa shape index (κ3) is 4.50. The number of aliphatic hydroxyl groups is 1. The van der Waals surface area contributed by atoms with Gasteiger partial charge in [0.05, 0.1) is 23.0 Å². The summed E-state index contributed by atoms with van der Waals surface area (Å²) in [5.74, 6) is -1.96. The van der Waals surface area contributed by atoms with Crippen LogP contribution in [0.15, 0.2) is 59.7 Å². The zero-order valence-corrected chi connectivity index (χ0v) is 18.0. The van der Waals surface area contributed by atoms with Crippen molar-refractivity contribution < 1.29 is 19.8 Å². The van der Waals surface area contributed by atoms with Crippen LogP contribution in [0.4, 0.5) is 0 Å². The molecule has 3 aromatic rings. The van der Waals surface area contributed by atoms with E-state index in [-0.39, 0.29) is 5.56 Å². The molecular formula is C24H23N5O4. The molecule has 1 heterocycles. The van der Waals surface area contributed by atoms with Gasteiger partial charge in [0, 0.05) is 16.0 Å². The molecule has 1 aromatic heterocycles. The van der Waals surface area contributed by atoms with Gasteiger partial charge in [0.1, 0.15) is 5.60 Å². The average molecular weight is 445 g/mol. The van der Waals surface area contributed by atoms with E-state index in [0.29, 0.717) is 37.1 Å². The van der Waals surface area contributed by atoms with Gasteiger partial charge in [0.15, 0.2) is 0 Å². The molecule has 0 spiro atoms. The van der Waals surface area contributed by atoms with Gasteiger partial charge in [0.2, 0.25) is 5.91 Å². The molecule has 0 bridgehead atoms. The van der Waals surface area contributed by atoms with Crippen LogP contribution < -0.4 is 0 Å². The first-order valence-electron chi connectivity index (χ1n) is 10.6. The predicted molar refractivity (Wildman–Crippen MR) is 121 cm³/mol. The summed E-state index contributed by atoms with van der Waals surface area (Å²) in [7, 11) is 0. The van der Waals surface area contributed by atoms with E-state index in [1.807, 2.05) is 37.3 Å². The standard InChI is InChI=1S/C24H23N5O4/c1-15-2-4-16(5-3-15)20-14-21(24(33)12-10-18(11-13-24)23(31)32)27-29(20)19-8-6-17(7-9-19)22(30)26-28-25/h2-9,14,18,33H,10-13H2,1H3,(H,31,32). The second-order valence-corrected chi connectivity index (χ2v) is 8.38. The Kier molecular flexibility index (Phi) is 6.00. The van der Waals surface area contributed by atoms with Crippen LogP contribution in [-0.4, -0.2) is 31.9 Å². The van der Waals surface area contributed by atoms with E-state index in [4.69, 9.17) is 10.6 Å². The molecule has 1 fully saturated rings. The lowest BCUT2D eigenvalue weighted by Gasteiger charge is -2.33. The van der Waals surface area contributed by atoms with Crippen molar-refractivity contribution in [3.63, 3.8) is 0 Å². The fourth-order valence-corrected chi connectivity index (χ4v) is 4.18. The smallest absolute Gasteiger partial charge is 0.306 e. The lowest BCUT2D eigenvalue weighted by molar-refractivity contribution is -0.145. The molecule has 1 amide bonds. The summed E-state index contributed by atoms with van der Waals surface area (Å²) in [6, 6.07) is 16.3. The summed E-state index contributed by atoms with van der Waals surface area (Å²) >= 11 is 0.